The van der Waals surface area contributed by atoms with E-state index in [0.29, 0.717) is 18.0 Å². The molecular weight excluding hydrogens is 430 g/mol. The molecular formula is C23H25N3O3S2. The first kappa shape index (κ1) is 21.8. The summed E-state index contributed by atoms with van der Waals surface area (Å²) in [5.74, 6) is 0.148. The molecule has 2 heterocycles. The number of benzene rings is 2. The summed E-state index contributed by atoms with van der Waals surface area (Å²) in [6.45, 7) is 5.08. The number of carbonyl (C=O) groups excluding carboxylic acids is 1. The van der Waals surface area contributed by atoms with Crippen LogP contribution in [0.2, 0.25) is 0 Å². The molecule has 6 nitrogen and oxygen atoms in total. The van der Waals surface area contributed by atoms with Crippen LogP contribution in [-0.4, -0.2) is 42.5 Å². The van der Waals surface area contributed by atoms with E-state index in [1.807, 2.05) is 44.2 Å². The van der Waals surface area contributed by atoms with Crippen molar-refractivity contribution in [1.29, 1.82) is 0 Å². The molecule has 1 aliphatic rings. The number of nitrogens with one attached hydrogen (secondary N) is 1. The van der Waals surface area contributed by atoms with Crippen molar-refractivity contribution in [3.8, 4) is 0 Å². The van der Waals surface area contributed by atoms with Gasteiger partial charge < -0.3 is 5.32 Å². The van der Waals surface area contributed by atoms with E-state index in [2.05, 4.69) is 10.3 Å². The molecule has 1 aromatic heterocycles. The number of hydrogen-bond acceptors (Lipinski definition) is 5. The van der Waals surface area contributed by atoms with Crippen LogP contribution in [0.25, 0.3) is 10.9 Å². The maximum atomic E-state index is 12.9. The van der Waals surface area contributed by atoms with Gasteiger partial charge in [-0.15, -0.1) is 0 Å². The zero-order valence-electron chi connectivity index (χ0n) is 17.6. The number of pyridine rings is 1. The van der Waals surface area contributed by atoms with Gasteiger partial charge in [-0.2, -0.15) is 4.31 Å². The first-order chi connectivity index (χ1) is 14.8. The zero-order chi connectivity index (χ0) is 22.0. The van der Waals surface area contributed by atoms with Crippen molar-refractivity contribution in [1.82, 2.24) is 9.29 Å². The Kier molecular flexibility index (Phi) is 6.31. The molecule has 31 heavy (non-hydrogen) atoms. The summed E-state index contributed by atoms with van der Waals surface area (Å²) in [5, 5.41) is 4.45. The number of hydrogen-bond donors (Lipinski definition) is 1. The Hall–Kier alpha value is -2.42. The van der Waals surface area contributed by atoms with E-state index in [0.717, 1.165) is 45.6 Å². The molecule has 3 aromatic rings. The Morgan fingerprint density at radius 2 is 1.87 bits per heavy atom. The lowest BCUT2D eigenvalue weighted by Gasteiger charge is -2.16. The minimum absolute atomic E-state index is 0.0952. The number of sulfonamides is 1. The van der Waals surface area contributed by atoms with Crippen molar-refractivity contribution in [2.45, 2.75) is 36.6 Å². The molecule has 0 saturated carbocycles. The van der Waals surface area contributed by atoms with Crippen molar-refractivity contribution >= 4 is 44.3 Å². The lowest BCUT2D eigenvalue weighted by Crippen LogP contribution is -2.27. The van der Waals surface area contributed by atoms with Gasteiger partial charge in [-0.25, -0.2) is 13.4 Å². The molecule has 4 rings (SSSR count). The summed E-state index contributed by atoms with van der Waals surface area (Å²) in [6, 6.07) is 14.7. The molecule has 1 fully saturated rings. The van der Waals surface area contributed by atoms with E-state index in [-0.39, 0.29) is 11.7 Å². The Morgan fingerprint density at radius 1 is 1.10 bits per heavy atom. The maximum Gasteiger partial charge on any atom is 0.243 e. The number of thioether (sulfide) groups is 1. The minimum Gasteiger partial charge on any atom is -0.325 e. The van der Waals surface area contributed by atoms with Crippen molar-refractivity contribution < 1.29 is 13.2 Å². The van der Waals surface area contributed by atoms with Gasteiger partial charge in [0.2, 0.25) is 15.9 Å². The summed E-state index contributed by atoms with van der Waals surface area (Å²) in [6.07, 6.45) is 1.82. The predicted molar refractivity (Wildman–Crippen MR) is 125 cm³/mol. The average molecular weight is 456 g/mol. The van der Waals surface area contributed by atoms with Gasteiger partial charge in [0.1, 0.15) is 0 Å². The van der Waals surface area contributed by atoms with Crippen molar-refractivity contribution in [2.75, 3.05) is 24.2 Å². The highest BCUT2D eigenvalue weighted by atomic mass is 32.2. The molecule has 8 heteroatoms. The molecule has 2 aromatic carbocycles. The van der Waals surface area contributed by atoms with Crippen LogP contribution < -0.4 is 5.32 Å². The maximum absolute atomic E-state index is 12.9. The van der Waals surface area contributed by atoms with E-state index in [9.17, 15) is 13.2 Å². The zero-order valence-corrected chi connectivity index (χ0v) is 19.2. The van der Waals surface area contributed by atoms with Crippen LogP contribution >= 0.6 is 11.8 Å². The van der Waals surface area contributed by atoms with Crippen LogP contribution in [0.15, 0.2) is 58.5 Å². The van der Waals surface area contributed by atoms with Crippen LogP contribution in [-0.2, 0) is 14.8 Å². The van der Waals surface area contributed by atoms with Gasteiger partial charge in [0, 0.05) is 24.2 Å². The molecule has 0 spiro atoms. The molecule has 0 unspecified atom stereocenters. The van der Waals surface area contributed by atoms with Gasteiger partial charge in [0.15, 0.2) is 0 Å². The number of aromatic nitrogens is 1. The monoisotopic (exact) mass is 455 g/mol. The third-order valence-corrected chi connectivity index (χ3v) is 8.13. The van der Waals surface area contributed by atoms with Crippen LogP contribution in [0, 0.1) is 13.8 Å². The number of fused-ring (bicyclic) bond motifs is 1. The average Bonchev–Trinajstić information content (AvgIpc) is 3.28. The van der Waals surface area contributed by atoms with Crippen molar-refractivity contribution in [2.24, 2.45) is 0 Å². The topological polar surface area (TPSA) is 79.4 Å². The van der Waals surface area contributed by atoms with Crippen LogP contribution in [0.3, 0.4) is 0 Å². The highest BCUT2D eigenvalue weighted by Gasteiger charge is 2.27. The first-order valence-corrected chi connectivity index (χ1v) is 12.7. The number of aryl methyl sites for hydroxylation is 2. The molecule has 0 radical (unpaired) electrons. The molecule has 1 N–H and O–H groups in total. The first-order valence-electron chi connectivity index (χ1n) is 10.2. The number of amides is 1. The highest BCUT2D eigenvalue weighted by molar-refractivity contribution is 7.99. The van der Waals surface area contributed by atoms with Crippen LogP contribution in [0.5, 0.6) is 0 Å². The van der Waals surface area contributed by atoms with Crippen LogP contribution in [0.4, 0.5) is 5.69 Å². The molecule has 0 bridgehead atoms. The van der Waals surface area contributed by atoms with Crippen molar-refractivity contribution in [3.05, 3.63) is 59.7 Å². The van der Waals surface area contributed by atoms with E-state index >= 15 is 0 Å². The quantitative estimate of drug-likeness (QED) is 0.559. The van der Waals surface area contributed by atoms with Crippen LogP contribution in [0.1, 0.15) is 24.0 Å². The lowest BCUT2D eigenvalue weighted by atomic mass is 10.1. The Bertz CT molecular complexity index is 1240. The van der Waals surface area contributed by atoms with E-state index < -0.39 is 10.0 Å². The molecule has 0 atom stereocenters. The second-order valence-corrected chi connectivity index (χ2v) is 10.7. The molecule has 1 amide bonds. The van der Waals surface area contributed by atoms with Gasteiger partial charge in [0.25, 0.3) is 0 Å². The predicted octanol–water partition coefficient (Wildman–Crippen LogP) is 4.37. The second kappa shape index (κ2) is 8.98. The smallest absolute Gasteiger partial charge is 0.243 e. The summed E-state index contributed by atoms with van der Waals surface area (Å²) >= 11 is 1.36. The summed E-state index contributed by atoms with van der Waals surface area (Å²) in [4.78, 5) is 17.2. The summed E-state index contributed by atoms with van der Waals surface area (Å²) in [5.41, 5.74) is 3.52. The van der Waals surface area contributed by atoms with Gasteiger partial charge in [0.05, 0.1) is 21.2 Å². The standard InChI is InChI=1S/C23H25N3O3S2/c1-16-6-5-7-18(12-16)24-22(27)15-30-23-13-17(2)20-14-19(8-9-21(20)25-23)31(28,29)26-10-3-4-11-26/h5-9,12-14H,3-4,10-11,15H2,1-2H3,(H,24,27). The number of nitrogens with zero attached hydrogens (tertiary/aromatic N) is 2. The fraction of sp³-hybridized carbons (Fsp3) is 0.304. The fourth-order valence-electron chi connectivity index (χ4n) is 3.71. The second-order valence-electron chi connectivity index (χ2n) is 7.77. The highest BCUT2D eigenvalue weighted by Crippen LogP contribution is 2.28. The minimum atomic E-state index is -3.46. The van der Waals surface area contributed by atoms with Gasteiger partial charge in [-0.3, -0.25) is 4.79 Å². The van der Waals surface area contributed by atoms with E-state index in [1.54, 1.807) is 22.5 Å². The van der Waals surface area contributed by atoms with E-state index in [1.165, 1.54) is 11.8 Å². The molecule has 0 aliphatic carbocycles. The third kappa shape index (κ3) is 4.92. The Balaban J connectivity index is 1.49. The number of rotatable bonds is 6. The van der Waals surface area contributed by atoms with Gasteiger partial charge in [-0.1, -0.05) is 23.9 Å². The van der Waals surface area contributed by atoms with Gasteiger partial charge >= 0.3 is 0 Å². The fourth-order valence-corrected chi connectivity index (χ4v) is 6.03. The summed E-state index contributed by atoms with van der Waals surface area (Å²) in [7, 11) is -3.46. The normalized spacial score (nSPS) is 14.8. The number of anilines is 1. The molecule has 1 saturated heterocycles. The Morgan fingerprint density at radius 3 is 2.61 bits per heavy atom. The molecule has 1 aliphatic heterocycles. The SMILES string of the molecule is Cc1cccc(NC(=O)CSc2cc(C)c3cc(S(=O)(=O)N4CCCC4)ccc3n2)c1. The third-order valence-electron chi connectivity index (χ3n) is 5.32. The molecule has 162 valence electrons. The van der Waals surface area contributed by atoms with Crippen molar-refractivity contribution in [3.63, 3.8) is 0 Å². The number of carbonyl (C=O) groups is 1. The van der Waals surface area contributed by atoms with Gasteiger partial charge in [-0.05, 0) is 74.2 Å². The largest absolute Gasteiger partial charge is 0.325 e. The Labute approximate surface area is 187 Å². The summed E-state index contributed by atoms with van der Waals surface area (Å²) < 4.78 is 27.3. The lowest BCUT2D eigenvalue weighted by molar-refractivity contribution is -0.113. The van der Waals surface area contributed by atoms with E-state index in [4.69, 9.17) is 0 Å².